The number of benzene rings is 1. The van der Waals surface area contributed by atoms with E-state index in [1.807, 2.05) is 12.2 Å². The zero-order valence-electron chi connectivity index (χ0n) is 11.9. The average Bonchev–Trinajstić information content (AvgIpc) is 2.30. The maximum Gasteiger partial charge on any atom is 0.411 e. The highest BCUT2D eigenvalue weighted by Gasteiger charge is 2.03. The van der Waals surface area contributed by atoms with E-state index in [1.54, 1.807) is 24.3 Å². The molecule has 0 atom stereocenters. The quantitative estimate of drug-likeness (QED) is 0.427. The lowest BCUT2D eigenvalue weighted by Crippen LogP contribution is -3.00. The number of likely N-dealkylation sites (N-methyl/N-ethyl adjacent to an activating group) is 1. The van der Waals surface area contributed by atoms with Crippen LogP contribution in [0, 0.1) is 0 Å². The van der Waals surface area contributed by atoms with E-state index in [0.717, 1.165) is 11.0 Å². The van der Waals surface area contributed by atoms with Crippen LogP contribution in [0.1, 0.15) is 0 Å². The highest BCUT2D eigenvalue weighted by molar-refractivity contribution is 6.30. The van der Waals surface area contributed by atoms with Crippen LogP contribution in [0.3, 0.4) is 0 Å². The maximum atomic E-state index is 11.5. The summed E-state index contributed by atoms with van der Waals surface area (Å²) >= 11 is 5.75. The number of nitrogens with zero attached hydrogens (tertiary/aromatic N) is 1. The molecule has 0 unspecified atom stereocenters. The van der Waals surface area contributed by atoms with E-state index in [2.05, 4.69) is 26.5 Å². The van der Waals surface area contributed by atoms with Gasteiger partial charge < -0.3 is 33.2 Å². The average molecular weight is 411 g/mol. The highest BCUT2D eigenvalue weighted by atomic mass is 127. The molecule has 0 heterocycles. The molecule has 1 N–H and O–H groups in total. The second-order valence-electron chi connectivity index (χ2n) is 5.17. The molecule has 0 aliphatic heterocycles. The van der Waals surface area contributed by atoms with E-state index < -0.39 is 6.09 Å². The second-order valence-corrected chi connectivity index (χ2v) is 5.61. The van der Waals surface area contributed by atoms with Crippen LogP contribution >= 0.6 is 11.6 Å². The number of hydrogen-bond donors (Lipinski definition) is 1. The SMILES string of the molecule is C[N+](C)(C)C/C=C\COC(=O)Nc1ccc(Cl)cc1.[I-]. The molecule has 0 spiro atoms. The molecule has 1 rings (SSSR count). The molecule has 0 fully saturated rings. The standard InChI is InChI=1S/C14H19ClN2O2.HI/c1-17(2,3)10-4-5-11-19-14(18)16-13-8-6-12(15)7-9-13;/h4-9H,10-11H2,1-3H3;1H/b5-4-;. The number of hydrogen-bond acceptors (Lipinski definition) is 2. The van der Waals surface area contributed by atoms with Crippen LogP contribution in [0.15, 0.2) is 36.4 Å². The molecule has 1 aromatic carbocycles. The minimum Gasteiger partial charge on any atom is -1.00 e. The van der Waals surface area contributed by atoms with Crippen molar-refractivity contribution in [3.05, 3.63) is 41.4 Å². The molecule has 6 heteroatoms. The van der Waals surface area contributed by atoms with Crippen molar-refractivity contribution < 1.29 is 38.0 Å². The van der Waals surface area contributed by atoms with Crippen LogP contribution in [0.5, 0.6) is 0 Å². The summed E-state index contributed by atoms with van der Waals surface area (Å²) in [6, 6.07) is 6.85. The van der Waals surface area contributed by atoms with Gasteiger partial charge in [-0.3, -0.25) is 5.32 Å². The Morgan fingerprint density at radius 1 is 1.25 bits per heavy atom. The molecule has 1 amide bonds. The van der Waals surface area contributed by atoms with Gasteiger partial charge in [-0.15, -0.1) is 0 Å². The third-order valence-corrected chi connectivity index (χ3v) is 2.47. The lowest BCUT2D eigenvalue weighted by molar-refractivity contribution is -0.864. The Hall–Kier alpha value is -0.790. The van der Waals surface area contributed by atoms with Gasteiger partial charge in [0.2, 0.25) is 0 Å². The van der Waals surface area contributed by atoms with Gasteiger partial charge in [0.15, 0.2) is 0 Å². The molecule has 4 nitrogen and oxygen atoms in total. The zero-order chi connectivity index (χ0) is 14.3. The first-order chi connectivity index (χ1) is 8.87. The van der Waals surface area contributed by atoms with Gasteiger partial charge >= 0.3 is 6.09 Å². The summed E-state index contributed by atoms with van der Waals surface area (Å²) in [4.78, 5) is 11.5. The number of carbonyl (C=O) groups is 1. The van der Waals surface area contributed by atoms with Gasteiger partial charge in [-0.1, -0.05) is 11.6 Å². The van der Waals surface area contributed by atoms with Crippen molar-refractivity contribution in [1.82, 2.24) is 0 Å². The van der Waals surface area contributed by atoms with Gasteiger partial charge in [0.25, 0.3) is 0 Å². The van der Waals surface area contributed by atoms with Crippen LogP contribution in [0.2, 0.25) is 5.02 Å². The fourth-order valence-corrected chi connectivity index (χ4v) is 1.40. The Balaban J connectivity index is 0.00000361. The van der Waals surface area contributed by atoms with Crippen LogP contribution in [0.4, 0.5) is 10.5 Å². The molecular weight excluding hydrogens is 391 g/mol. The molecule has 0 aliphatic carbocycles. The predicted molar refractivity (Wildman–Crippen MR) is 78.5 cm³/mol. The van der Waals surface area contributed by atoms with Crippen LogP contribution in [0.25, 0.3) is 0 Å². The molecular formula is C14H20ClIN2O2. The molecule has 0 saturated carbocycles. The van der Waals surface area contributed by atoms with E-state index in [0.29, 0.717) is 10.7 Å². The lowest BCUT2D eigenvalue weighted by atomic mass is 10.3. The highest BCUT2D eigenvalue weighted by Crippen LogP contribution is 2.13. The van der Waals surface area contributed by atoms with E-state index in [9.17, 15) is 4.79 Å². The van der Waals surface area contributed by atoms with Gasteiger partial charge in [-0.2, -0.15) is 0 Å². The fourth-order valence-electron chi connectivity index (χ4n) is 1.27. The van der Waals surface area contributed by atoms with Gasteiger partial charge in [0.05, 0.1) is 27.7 Å². The van der Waals surface area contributed by atoms with Gasteiger partial charge in [-0.05, 0) is 36.4 Å². The van der Waals surface area contributed by atoms with Crippen molar-refractivity contribution in [2.45, 2.75) is 0 Å². The predicted octanol–water partition coefficient (Wildman–Crippen LogP) is 0.155. The number of nitrogens with one attached hydrogen (secondary N) is 1. The molecule has 0 aromatic heterocycles. The van der Waals surface area contributed by atoms with E-state index in [-0.39, 0.29) is 30.6 Å². The minimum absolute atomic E-state index is 0. The number of amides is 1. The first kappa shape index (κ1) is 19.2. The van der Waals surface area contributed by atoms with E-state index in [4.69, 9.17) is 16.3 Å². The number of anilines is 1. The Morgan fingerprint density at radius 2 is 1.85 bits per heavy atom. The van der Waals surface area contributed by atoms with Gasteiger partial charge in [0, 0.05) is 10.7 Å². The van der Waals surface area contributed by atoms with Crippen molar-refractivity contribution in [2.24, 2.45) is 0 Å². The Kier molecular flexibility index (Phi) is 8.84. The van der Waals surface area contributed by atoms with E-state index in [1.165, 1.54) is 0 Å². The monoisotopic (exact) mass is 410 g/mol. The van der Waals surface area contributed by atoms with Crippen molar-refractivity contribution in [2.75, 3.05) is 39.6 Å². The molecule has 0 bridgehead atoms. The Morgan fingerprint density at radius 3 is 2.40 bits per heavy atom. The number of rotatable bonds is 5. The van der Waals surface area contributed by atoms with Crippen molar-refractivity contribution in [3.8, 4) is 0 Å². The van der Waals surface area contributed by atoms with Gasteiger partial charge in [0.1, 0.15) is 6.61 Å². The molecule has 1 aromatic rings. The van der Waals surface area contributed by atoms with Crippen molar-refractivity contribution >= 4 is 23.4 Å². The van der Waals surface area contributed by atoms with Crippen LogP contribution in [-0.2, 0) is 4.74 Å². The summed E-state index contributed by atoms with van der Waals surface area (Å²) in [5.41, 5.74) is 0.657. The first-order valence-electron chi connectivity index (χ1n) is 6.01. The Bertz CT molecular complexity index is 441. The summed E-state index contributed by atoms with van der Waals surface area (Å²) in [5, 5.41) is 3.25. The lowest BCUT2D eigenvalue weighted by Gasteiger charge is -2.21. The summed E-state index contributed by atoms with van der Waals surface area (Å²) in [5.74, 6) is 0. The number of quaternary nitrogens is 1. The number of halogens is 2. The fraction of sp³-hybridized carbons (Fsp3) is 0.357. The molecule has 112 valence electrons. The van der Waals surface area contributed by atoms with E-state index >= 15 is 0 Å². The molecule has 20 heavy (non-hydrogen) atoms. The molecule has 0 radical (unpaired) electrons. The summed E-state index contributed by atoms with van der Waals surface area (Å²) in [6.07, 6.45) is 3.36. The smallest absolute Gasteiger partial charge is 0.411 e. The topological polar surface area (TPSA) is 38.3 Å². The third-order valence-electron chi connectivity index (χ3n) is 2.22. The zero-order valence-corrected chi connectivity index (χ0v) is 14.8. The van der Waals surface area contributed by atoms with Crippen LogP contribution in [-0.4, -0.2) is 44.9 Å². The summed E-state index contributed by atoms with van der Waals surface area (Å²) in [7, 11) is 6.29. The number of carbonyl (C=O) groups excluding carboxylic acids is 1. The molecule has 0 saturated heterocycles. The number of ether oxygens (including phenoxy) is 1. The van der Waals surface area contributed by atoms with Crippen molar-refractivity contribution in [1.29, 1.82) is 0 Å². The largest absolute Gasteiger partial charge is 1.00 e. The third kappa shape index (κ3) is 9.17. The minimum atomic E-state index is -0.475. The summed E-state index contributed by atoms with van der Waals surface area (Å²) in [6.45, 7) is 1.15. The van der Waals surface area contributed by atoms with Crippen LogP contribution < -0.4 is 29.3 Å². The first-order valence-corrected chi connectivity index (χ1v) is 6.39. The second kappa shape index (κ2) is 9.20. The van der Waals surface area contributed by atoms with Gasteiger partial charge in [-0.25, -0.2) is 4.79 Å². The van der Waals surface area contributed by atoms with Crippen molar-refractivity contribution in [3.63, 3.8) is 0 Å². The molecule has 0 aliphatic rings. The normalized spacial score (nSPS) is 11.0. The summed E-state index contributed by atoms with van der Waals surface area (Å²) < 4.78 is 5.85. The maximum absolute atomic E-state index is 11.5. The Labute approximate surface area is 142 Å².